The van der Waals surface area contributed by atoms with E-state index in [1.807, 2.05) is 16.9 Å². The van der Waals surface area contributed by atoms with Crippen LogP contribution in [0.5, 0.6) is 0 Å². The van der Waals surface area contributed by atoms with Crippen LogP contribution in [0.2, 0.25) is 0 Å². The van der Waals surface area contributed by atoms with Gasteiger partial charge in [0.1, 0.15) is 0 Å². The van der Waals surface area contributed by atoms with Crippen molar-refractivity contribution in [3.05, 3.63) is 30.1 Å². The van der Waals surface area contributed by atoms with Crippen LogP contribution < -0.4 is 15.6 Å². The number of carbonyl (C=O) groups excluding carboxylic acids is 1. The van der Waals surface area contributed by atoms with Crippen LogP contribution in [-0.4, -0.2) is 5.91 Å². The van der Waals surface area contributed by atoms with Crippen LogP contribution in [0.15, 0.2) is 24.4 Å². The molecule has 1 heterocycles. The summed E-state index contributed by atoms with van der Waals surface area (Å²) in [4.78, 5) is 10.9. The van der Waals surface area contributed by atoms with E-state index in [2.05, 4.69) is 23.1 Å². The Morgan fingerprint density at radius 2 is 2.06 bits per heavy atom. The van der Waals surface area contributed by atoms with Crippen LogP contribution in [0.25, 0.3) is 0 Å². The topological polar surface area (TPSA) is 45.0 Å². The fourth-order valence-electron chi connectivity index (χ4n) is 2.43. The lowest BCUT2D eigenvalue weighted by atomic mass is 9.86. The second-order valence-corrected chi connectivity index (χ2v) is 4.62. The van der Waals surface area contributed by atoms with Gasteiger partial charge in [-0.2, -0.15) is 0 Å². The molecular formula is C13H20N3O+. The zero-order valence-corrected chi connectivity index (χ0v) is 10.3. The number of aromatic nitrogens is 1. The van der Waals surface area contributed by atoms with Gasteiger partial charge < -0.3 is 0 Å². The highest BCUT2D eigenvalue weighted by Crippen LogP contribution is 2.30. The summed E-state index contributed by atoms with van der Waals surface area (Å²) in [5.74, 6) is 0.516. The maximum absolute atomic E-state index is 10.9. The van der Waals surface area contributed by atoms with Gasteiger partial charge in [-0.15, -0.1) is 0 Å². The maximum Gasteiger partial charge on any atom is 0.239 e. The van der Waals surface area contributed by atoms with E-state index < -0.39 is 0 Å². The number of hydrogen-bond donors (Lipinski definition) is 2. The van der Waals surface area contributed by atoms with Crippen molar-refractivity contribution < 1.29 is 9.47 Å². The molecule has 4 heteroatoms. The molecule has 1 aromatic rings. The average Bonchev–Trinajstić information content (AvgIpc) is 2.38. The van der Waals surface area contributed by atoms with E-state index in [1.54, 1.807) is 0 Å². The van der Waals surface area contributed by atoms with Crippen LogP contribution in [0, 0.1) is 0 Å². The van der Waals surface area contributed by atoms with Gasteiger partial charge in [-0.3, -0.25) is 4.79 Å². The highest BCUT2D eigenvalue weighted by atomic mass is 16.2. The van der Waals surface area contributed by atoms with Gasteiger partial charge in [0, 0.05) is 25.0 Å². The molecule has 17 heavy (non-hydrogen) atoms. The smallest absolute Gasteiger partial charge is 0.239 e. The molecule has 1 amide bonds. The zero-order valence-electron chi connectivity index (χ0n) is 10.3. The van der Waals surface area contributed by atoms with Crippen molar-refractivity contribution in [3.63, 3.8) is 0 Å². The summed E-state index contributed by atoms with van der Waals surface area (Å²) in [6.07, 6.45) is 8.39. The van der Waals surface area contributed by atoms with Gasteiger partial charge >= 0.3 is 0 Å². The molecule has 2 rings (SSSR count). The molecule has 0 bridgehead atoms. The summed E-state index contributed by atoms with van der Waals surface area (Å²) in [7, 11) is 0. The van der Waals surface area contributed by atoms with E-state index >= 15 is 0 Å². The number of pyridine rings is 1. The first-order valence-corrected chi connectivity index (χ1v) is 6.30. The standard InChI is InChI=1S/C13H19N3O/c1-11(17)14-15-16-10-6-5-9-13(16)12-7-3-2-4-8-12/h5-6,9-10,12,15H,2-4,7-8H2,1H3/p+1. The van der Waals surface area contributed by atoms with Gasteiger partial charge in [-0.25, -0.2) is 5.43 Å². The van der Waals surface area contributed by atoms with Crippen molar-refractivity contribution in [2.75, 3.05) is 5.53 Å². The normalized spacial score (nSPS) is 16.5. The van der Waals surface area contributed by atoms with E-state index in [0.717, 1.165) is 0 Å². The minimum atomic E-state index is -0.0871. The predicted molar refractivity (Wildman–Crippen MR) is 65.6 cm³/mol. The molecule has 2 N–H and O–H groups in total. The van der Waals surface area contributed by atoms with Crippen LogP contribution in [-0.2, 0) is 4.79 Å². The predicted octanol–water partition coefficient (Wildman–Crippen LogP) is 1.62. The molecule has 1 aromatic heterocycles. The van der Waals surface area contributed by atoms with Gasteiger partial charge in [0.2, 0.25) is 17.8 Å². The third-order valence-corrected chi connectivity index (χ3v) is 3.27. The summed E-state index contributed by atoms with van der Waals surface area (Å²) >= 11 is 0. The Hall–Kier alpha value is -1.58. The van der Waals surface area contributed by atoms with Gasteiger partial charge in [0.15, 0.2) is 0 Å². The highest BCUT2D eigenvalue weighted by molar-refractivity contribution is 5.72. The van der Waals surface area contributed by atoms with Crippen LogP contribution in [0.1, 0.15) is 50.6 Å². The zero-order chi connectivity index (χ0) is 12.1. The van der Waals surface area contributed by atoms with Gasteiger partial charge in [-0.05, 0) is 18.9 Å². The number of carbonyl (C=O) groups is 1. The Bertz CT molecular complexity index is 386. The fourth-order valence-corrected chi connectivity index (χ4v) is 2.43. The molecule has 1 fully saturated rings. The van der Waals surface area contributed by atoms with Crippen LogP contribution >= 0.6 is 0 Å². The summed E-state index contributed by atoms with van der Waals surface area (Å²) in [5, 5.41) is 0. The molecule has 92 valence electrons. The third-order valence-electron chi connectivity index (χ3n) is 3.27. The molecule has 0 saturated heterocycles. The van der Waals surface area contributed by atoms with E-state index in [9.17, 15) is 4.79 Å². The number of nitrogens with zero attached hydrogens (tertiary/aromatic N) is 1. The summed E-state index contributed by atoms with van der Waals surface area (Å²) in [6, 6.07) is 6.14. The van der Waals surface area contributed by atoms with Crippen molar-refractivity contribution >= 4 is 5.91 Å². The van der Waals surface area contributed by atoms with Gasteiger partial charge in [0.25, 0.3) is 0 Å². The van der Waals surface area contributed by atoms with Crippen LogP contribution in [0.4, 0.5) is 0 Å². The second-order valence-electron chi connectivity index (χ2n) is 4.62. The molecule has 0 spiro atoms. The Kier molecular flexibility index (Phi) is 3.96. The van der Waals surface area contributed by atoms with Crippen molar-refractivity contribution in [3.8, 4) is 0 Å². The number of hydrazine groups is 1. The van der Waals surface area contributed by atoms with E-state index in [1.165, 1.54) is 44.7 Å². The number of nitrogens with one attached hydrogen (secondary N) is 2. The average molecular weight is 234 g/mol. The van der Waals surface area contributed by atoms with E-state index in [4.69, 9.17) is 0 Å². The molecular weight excluding hydrogens is 214 g/mol. The molecule has 0 aromatic carbocycles. The Morgan fingerprint density at radius 1 is 1.29 bits per heavy atom. The van der Waals surface area contributed by atoms with Crippen molar-refractivity contribution in [1.29, 1.82) is 0 Å². The first kappa shape index (κ1) is 11.9. The molecule has 1 aliphatic carbocycles. The maximum atomic E-state index is 10.9. The largest absolute Gasteiger partial charge is 0.273 e. The van der Waals surface area contributed by atoms with Crippen LogP contribution in [0.3, 0.4) is 0 Å². The molecule has 0 atom stereocenters. The first-order chi connectivity index (χ1) is 8.27. The number of amides is 1. The van der Waals surface area contributed by atoms with Gasteiger partial charge in [0.05, 0.1) is 0 Å². The highest BCUT2D eigenvalue weighted by Gasteiger charge is 2.24. The monoisotopic (exact) mass is 234 g/mol. The lowest BCUT2D eigenvalue weighted by molar-refractivity contribution is -0.663. The Labute approximate surface area is 102 Å². The molecule has 0 unspecified atom stereocenters. The molecule has 0 radical (unpaired) electrons. The first-order valence-electron chi connectivity index (χ1n) is 6.30. The molecule has 1 aliphatic rings. The summed E-state index contributed by atoms with van der Waals surface area (Å²) < 4.78 is 1.91. The Balaban J connectivity index is 2.11. The SMILES string of the molecule is CC(=O)NN[n+]1ccccc1C1CCCCC1. The molecule has 4 nitrogen and oxygen atoms in total. The van der Waals surface area contributed by atoms with E-state index in [0.29, 0.717) is 5.92 Å². The molecule has 1 saturated carbocycles. The third kappa shape index (κ3) is 3.19. The van der Waals surface area contributed by atoms with Crippen molar-refractivity contribution in [1.82, 2.24) is 5.43 Å². The minimum absolute atomic E-state index is 0.0871. The lowest BCUT2D eigenvalue weighted by Crippen LogP contribution is -2.56. The second kappa shape index (κ2) is 5.66. The van der Waals surface area contributed by atoms with Crippen molar-refractivity contribution in [2.45, 2.75) is 44.9 Å². The summed E-state index contributed by atoms with van der Waals surface area (Å²) in [6.45, 7) is 1.50. The fraction of sp³-hybridized carbons (Fsp3) is 0.538. The van der Waals surface area contributed by atoms with Gasteiger partial charge in [-0.1, -0.05) is 29.5 Å². The quantitative estimate of drug-likeness (QED) is 0.616. The lowest BCUT2D eigenvalue weighted by Gasteiger charge is -2.19. The Morgan fingerprint density at radius 3 is 2.76 bits per heavy atom. The van der Waals surface area contributed by atoms with E-state index in [-0.39, 0.29) is 5.91 Å². The minimum Gasteiger partial charge on any atom is -0.273 e. The number of hydrogen-bond acceptors (Lipinski definition) is 2. The molecule has 0 aliphatic heterocycles. The number of rotatable bonds is 3. The summed E-state index contributed by atoms with van der Waals surface area (Å²) in [5.41, 5.74) is 6.79. The van der Waals surface area contributed by atoms with Crippen molar-refractivity contribution in [2.24, 2.45) is 0 Å².